The maximum atomic E-state index is 10.9. The van der Waals surface area contributed by atoms with Gasteiger partial charge in [-0.05, 0) is 29.7 Å². The highest BCUT2D eigenvalue weighted by Gasteiger charge is 2.26. The second kappa shape index (κ2) is 3.11. The van der Waals surface area contributed by atoms with Gasteiger partial charge in [0.15, 0.2) is 0 Å². The van der Waals surface area contributed by atoms with E-state index in [4.69, 9.17) is 11.6 Å². The van der Waals surface area contributed by atoms with Crippen LogP contribution < -0.4 is 0 Å². The van der Waals surface area contributed by atoms with Crippen molar-refractivity contribution in [1.29, 1.82) is 0 Å². The topological polar surface area (TPSA) is 17.1 Å². The first-order valence-electron chi connectivity index (χ1n) is 3.71. The van der Waals surface area contributed by atoms with Crippen molar-refractivity contribution >= 4 is 28.6 Å². The summed E-state index contributed by atoms with van der Waals surface area (Å²) in [6.07, 6.45) is 0.781. The van der Waals surface area contributed by atoms with E-state index in [0.29, 0.717) is 0 Å². The average molecular weight is 199 g/mol. The van der Waals surface area contributed by atoms with Crippen molar-refractivity contribution in [1.82, 2.24) is 0 Å². The molecule has 12 heavy (non-hydrogen) atoms. The number of hydrogen-bond acceptors (Lipinski definition) is 2. The number of carbonyl (C=O) groups excluding carboxylic acids is 1. The lowest BCUT2D eigenvalue weighted by molar-refractivity contribution is -0.111. The quantitative estimate of drug-likeness (QED) is 0.645. The lowest BCUT2D eigenvalue weighted by atomic mass is 10.1. The molecule has 0 saturated heterocycles. The van der Waals surface area contributed by atoms with Crippen LogP contribution in [0.2, 0.25) is 0 Å². The normalized spacial score (nSPS) is 20.6. The van der Waals surface area contributed by atoms with Gasteiger partial charge in [-0.3, -0.25) is 4.79 Å². The molecule has 0 spiro atoms. The summed E-state index contributed by atoms with van der Waals surface area (Å²) < 4.78 is 0. The Labute approximate surface area is 80.1 Å². The van der Waals surface area contributed by atoms with Crippen LogP contribution in [0.25, 0.3) is 0 Å². The minimum Gasteiger partial charge on any atom is -0.280 e. The second-order valence-corrected chi connectivity index (χ2v) is 4.34. The van der Waals surface area contributed by atoms with Crippen LogP contribution in [-0.4, -0.2) is 10.5 Å². The highest BCUT2D eigenvalue weighted by Crippen LogP contribution is 2.37. The van der Waals surface area contributed by atoms with Crippen LogP contribution in [0.4, 0.5) is 0 Å². The average Bonchev–Trinajstić information content (AvgIpc) is 2.46. The number of fused-ring (bicyclic) bond motifs is 1. The highest BCUT2D eigenvalue weighted by atomic mass is 35.5. The van der Waals surface area contributed by atoms with Crippen LogP contribution in [0, 0.1) is 0 Å². The molecule has 0 N–H and O–H groups in total. The molecular formula is C9H7ClOS. The molecule has 0 bridgehead atoms. The third-order valence-corrected chi connectivity index (χ3v) is 3.61. The number of halogens is 1. The third-order valence-electron chi connectivity index (χ3n) is 1.90. The van der Waals surface area contributed by atoms with Crippen molar-refractivity contribution in [2.75, 3.05) is 0 Å². The van der Waals surface area contributed by atoms with Gasteiger partial charge in [-0.1, -0.05) is 18.2 Å². The summed E-state index contributed by atoms with van der Waals surface area (Å²) in [6.45, 7) is 0. The number of rotatable bonds is 1. The zero-order valence-corrected chi connectivity index (χ0v) is 7.86. The number of benzene rings is 1. The van der Waals surface area contributed by atoms with Crippen molar-refractivity contribution < 1.29 is 4.79 Å². The highest BCUT2D eigenvalue weighted by molar-refractivity contribution is 8.01. The lowest BCUT2D eigenvalue weighted by Gasteiger charge is -1.97. The van der Waals surface area contributed by atoms with Crippen LogP contribution in [0.15, 0.2) is 29.2 Å². The molecule has 0 aliphatic carbocycles. The molecule has 0 saturated carbocycles. The van der Waals surface area contributed by atoms with Crippen LogP contribution >= 0.6 is 23.4 Å². The Morgan fingerprint density at radius 1 is 1.50 bits per heavy atom. The molecule has 0 amide bonds. The van der Waals surface area contributed by atoms with E-state index in [2.05, 4.69) is 0 Å². The van der Waals surface area contributed by atoms with E-state index in [0.717, 1.165) is 6.42 Å². The molecule has 1 aromatic rings. The van der Waals surface area contributed by atoms with Crippen LogP contribution in [0.5, 0.6) is 0 Å². The lowest BCUT2D eigenvalue weighted by Crippen LogP contribution is -2.08. The summed E-state index contributed by atoms with van der Waals surface area (Å²) in [7, 11) is 0. The molecule has 1 aromatic carbocycles. The van der Waals surface area contributed by atoms with Gasteiger partial charge in [-0.25, -0.2) is 0 Å². The van der Waals surface area contributed by atoms with Gasteiger partial charge in [-0.15, -0.1) is 11.8 Å². The van der Waals surface area contributed by atoms with Crippen molar-refractivity contribution in [3.8, 4) is 0 Å². The van der Waals surface area contributed by atoms with E-state index >= 15 is 0 Å². The summed E-state index contributed by atoms with van der Waals surface area (Å²) in [5.41, 5.74) is 1.24. The number of thioether (sulfide) groups is 1. The summed E-state index contributed by atoms with van der Waals surface area (Å²) in [5.74, 6) is 0. The molecule has 1 aliphatic rings. The summed E-state index contributed by atoms with van der Waals surface area (Å²) >= 11 is 6.98. The zero-order chi connectivity index (χ0) is 8.55. The van der Waals surface area contributed by atoms with Gasteiger partial charge in [0, 0.05) is 4.90 Å². The van der Waals surface area contributed by atoms with Crippen LogP contribution in [0.3, 0.4) is 0 Å². The predicted octanol–water partition coefficient (Wildman–Crippen LogP) is 2.47. The number of hydrogen-bond donors (Lipinski definition) is 0. The first-order chi connectivity index (χ1) is 5.77. The summed E-state index contributed by atoms with van der Waals surface area (Å²) in [4.78, 5) is 12.1. The monoisotopic (exact) mass is 198 g/mol. The molecule has 0 radical (unpaired) electrons. The van der Waals surface area contributed by atoms with Crippen molar-refractivity contribution in [2.24, 2.45) is 0 Å². The molecule has 1 atom stereocenters. The predicted molar refractivity (Wildman–Crippen MR) is 50.7 cm³/mol. The molecular weight excluding hydrogens is 192 g/mol. The van der Waals surface area contributed by atoms with Gasteiger partial charge in [0.25, 0.3) is 0 Å². The molecule has 1 unspecified atom stereocenters. The van der Waals surface area contributed by atoms with Gasteiger partial charge in [0.05, 0.1) is 5.25 Å². The van der Waals surface area contributed by atoms with Gasteiger partial charge < -0.3 is 0 Å². The smallest absolute Gasteiger partial charge is 0.235 e. The fourth-order valence-electron chi connectivity index (χ4n) is 1.31. The van der Waals surface area contributed by atoms with E-state index in [-0.39, 0.29) is 10.5 Å². The van der Waals surface area contributed by atoms with Crippen molar-refractivity contribution in [3.63, 3.8) is 0 Å². The fraction of sp³-hybridized carbons (Fsp3) is 0.222. The van der Waals surface area contributed by atoms with Crippen LogP contribution in [0.1, 0.15) is 5.56 Å². The van der Waals surface area contributed by atoms with Gasteiger partial charge in [-0.2, -0.15) is 0 Å². The van der Waals surface area contributed by atoms with E-state index in [1.807, 2.05) is 24.3 Å². The maximum absolute atomic E-state index is 10.9. The molecule has 1 nitrogen and oxygen atoms in total. The van der Waals surface area contributed by atoms with Crippen LogP contribution in [-0.2, 0) is 11.2 Å². The SMILES string of the molecule is O=C(Cl)C1Cc2ccccc2S1. The Morgan fingerprint density at radius 2 is 2.25 bits per heavy atom. The largest absolute Gasteiger partial charge is 0.280 e. The van der Waals surface area contributed by atoms with Gasteiger partial charge in [0.2, 0.25) is 5.24 Å². The Hall–Kier alpha value is -0.470. The molecule has 1 aliphatic heterocycles. The first kappa shape index (κ1) is 8.14. The Kier molecular flexibility index (Phi) is 2.11. The molecule has 2 rings (SSSR count). The van der Waals surface area contributed by atoms with E-state index < -0.39 is 0 Å². The standard InChI is InChI=1S/C9H7ClOS/c10-9(11)8-5-6-3-1-2-4-7(6)12-8/h1-4,8H,5H2. The van der Waals surface area contributed by atoms with Crippen molar-refractivity contribution in [2.45, 2.75) is 16.6 Å². The Balaban J connectivity index is 2.27. The molecule has 62 valence electrons. The molecule has 1 heterocycles. The first-order valence-corrected chi connectivity index (χ1v) is 4.97. The molecule has 3 heteroatoms. The Morgan fingerprint density at radius 3 is 2.92 bits per heavy atom. The number of carbonyl (C=O) groups is 1. The van der Waals surface area contributed by atoms with Crippen molar-refractivity contribution in [3.05, 3.63) is 29.8 Å². The molecule has 0 aromatic heterocycles. The van der Waals surface area contributed by atoms with E-state index in [1.165, 1.54) is 10.5 Å². The second-order valence-electron chi connectivity index (χ2n) is 2.72. The fourth-order valence-corrected chi connectivity index (χ4v) is 2.64. The maximum Gasteiger partial charge on any atom is 0.235 e. The minimum atomic E-state index is -0.240. The van der Waals surface area contributed by atoms with E-state index in [1.54, 1.807) is 11.8 Å². The van der Waals surface area contributed by atoms with Gasteiger partial charge in [0.1, 0.15) is 0 Å². The summed E-state index contributed by atoms with van der Waals surface area (Å²) in [5, 5.41) is -0.305. The zero-order valence-electron chi connectivity index (χ0n) is 6.29. The third kappa shape index (κ3) is 1.37. The van der Waals surface area contributed by atoms with Gasteiger partial charge >= 0.3 is 0 Å². The minimum absolute atomic E-state index is 0.0657. The molecule has 0 fully saturated rings. The van der Waals surface area contributed by atoms with E-state index in [9.17, 15) is 4.79 Å². The Bertz CT molecular complexity index is 299. The summed E-state index contributed by atoms with van der Waals surface area (Å²) in [6, 6.07) is 8.04.